The summed E-state index contributed by atoms with van der Waals surface area (Å²) in [5.74, 6) is -1.31. The summed E-state index contributed by atoms with van der Waals surface area (Å²) >= 11 is 0. The van der Waals surface area contributed by atoms with Crippen LogP contribution in [0.4, 0.5) is 0 Å². The van der Waals surface area contributed by atoms with Gasteiger partial charge in [-0.2, -0.15) is 0 Å². The van der Waals surface area contributed by atoms with Crippen molar-refractivity contribution < 1.29 is 23.7 Å². The molecule has 3 saturated heterocycles. The molecule has 3 aliphatic rings. The fraction of sp³-hybridized carbons (Fsp3) is 0.750. The van der Waals surface area contributed by atoms with E-state index in [1.165, 1.54) is 0 Å². The van der Waals surface area contributed by atoms with E-state index >= 15 is 0 Å². The predicted octanol–water partition coefficient (Wildman–Crippen LogP) is 1.88. The molecule has 3 aliphatic heterocycles. The zero-order valence-electron chi connectivity index (χ0n) is 13.4. The Hall–Kier alpha value is -0.920. The second-order valence-electron chi connectivity index (χ2n) is 7.09. The molecular formula is C16H23NO5. The Morgan fingerprint density at radius 2 is 1.41 bits per heavy atom. The molecule has 1 aromatic heterocycles. The third-order valence-electron chi connectivity index (χ3n) is 4.31. The SMILES string of the molecule is CC1(C)O[C@H]2[C@@H](O1)[C@@H](Cn1cccc1)O[C@@H]1OC(C)(C)O[C@@H]12. The van der Waals surface area contributed by atoms with E-state index in [9.17, 15) is 0 Å². The van der Waals surface area contributed by atoms with Crippen LogP contribution in [0, 0.1) is 0 Å². The highest BCUT2D eigenvalue weighted by Gasteiger charge is 2.60. The lowest BCUT2D eigenvalue weighted by molar-refractivity contribution is -0.236. The first-order valence-electron chi connectivity index (χ1n) is 7.80. The molecule has 0 radical (unpaired) electrons. The summed E-state index contributed by atoms with van der Waals surface area (Å²) in [6, 6.07) is 3.99. The van der Waals surface area contributed by atoms with Crippen molar-refractivity contribution in [2.75, 3.05) is 0 Å². The maximum Gasteiger partial charge on any atom is 0.190 e. The second-order valence-corrected chi connectivity index (χ2v) is 7.09. The lowest BCUT2D eigenvalue weighted by Crippen LogP contribution is -2.56. The van der Waals surface area contributed by atoms with Crippen molar-refractivity contribution in [1.82, 2.24) is 4.57 Å². The van der Waals surface area contributed by atoms with Gasteiger partial charge in [0.2, 0.25) is 0 Å². The molecule has 0 unspecified atom stereocenters. The Balaban J connectivity index is 1.60. The minimum absolute atomic E-state index is 0.141. The van der Waals surface area contributed by atoms with Crippen molar-refractivity contribution in [3.8, 4) is 0 Å². The lowest BCUT2D eigenvalue weighted by atomic mass is 9.99. The molecule has 0 N–H and O–H groups in total. The molecule has 6 nitrogen and oxygen atoms in total. The maximum absolute atomic E-state index is 6.15. The first-order chi connectivity index (χ1) is 10.3. The Morgan fingerprint density at radius 1 is 0.818 bits per heavy atom. The number of nitrogens with zero attached hydrogens (tertiary/aromatic N) is 1. The minimum Gasteiger partial charge on any atom is -0.352 e. The molecular weight excluding hydrogens is 286 g/mol. The molecule has 22 heavy (non-hydrogen) atoms. The van der Waals surface area contributed by atoms with Crippen molar-refractivity contribution >= 4 is 0 Å². The minimum atomic E-state index is -0.668. The molecule has 0 saturated carbocycles. The van der Waals surface area contributed by atoms with E-state index in [2.05, 4.69) is 4.57 Å². The predicted molar refractivity (Wildman–Crippen MR) is 77.0 cm³/mol. The summed E-state index contributed by atoms with van der Waals surface area (Å²) < 4.78 is 32.3. The van der Waals surface area contributed by atoms with Gasteiger partial charge < -0.3 is 28.3 Å². The fourth-order valence-electron chi connectivity index (χ4n) is 3.54. The number of hydrogen-bond donors (Lipinski definition) is 0. The molecule has 0 amide bonds. The number of aromatic nitrogens is 1. The highest BCUT2D eigenvalue weighted by molar-refractivity contribution is 5.01. The van der Waals surface area contributed by atoms with Crippen LogP contribution in [0.3, 0.4) is 0 Å². The summed E-state index contributed by atoms with van der Waals surface area (Å²) in [6.45, 7) is 8.33. The third kappa shape index (κ3) is 2.49. The summed E-state index contributed by atoms with van der Waals surface area (Å²) in [4.78, 5) is 0. The highest BCUT2D eigenvalue weighted by Crippen LogP contribution is 2.44. The van der Waals surface area contributed by atoms with E-state index in [1.807, 2.05) is 52.2 Å². The summed E-state index contributed by atoms with van der Waals surface area (Å²) in [6.07, 6.45) is 2.85. The van der Waals surface area contributed by atoms with E-state index in [0.29, 0.717) is 6.54 Å². The van der Waals surface area contributed by atoms with Gasteiger partial charge >= 0.3 is 0 Å². The van der Waals surface area contributed by atoms with E-state index in [4.69, 9.17) is 23.7 Å². The van der Waals surface area contributed by atoms with Gasteiger partial charge in [-0.05, 0) is 39.8 Å². The van der Waals surface area contributed by atoms with Gasteiger partial charge in [-0.1, -0.05) is 0 Å². The van der Waals surface area contributed by atoms with Crippen molar-refractivity contribution in [3.63, 3.8) is 0 Å². The van der Waals surface area contributed by atoms with Gasteiger partial charge in [0.1, 0.15) is 24.4 Å². The van der Waals surface area contributed by atoms with Crippen LogP contribution in [0.2, 0.25) is 0 Å². The summed E-state index contributed by atoms with van der Waals surface area (Å²) in [7, 11) is 0. The standard InChI is InChI=1S/C16H23NO5/c1-15(2)19-11-10(9-17-7-5-6-8-17)18-14-13(12(11)20-15)21-16(3,4)22-14/h5-8,10-14H,9H2,1-4H3/t10-,11+,12+,13-,14-/m1/s1. The summed E-state index contributed by atoms with van der Waals surface area (Å²) in [5.41, 5.74) is 0. The Morgan fingerprint density at radius 3 is 2.14 bits per heavy atom. The van der Waals surface area contributed by atoms with Crippen molar-refractivity contribution in [2.45, 2.75) is 76.5 Å². The van der Waals surface area contributed by atoms with Crippen LogP contribution in [0.1, 0.15) is 27.7 Å². The molecule has 4 rings (SSSR count). The molecule has 0 aliphatic carbocycles. The topological polar surface area (TPSA) is 51.1 Å². The van der Waals surface area contributed by atoms with E-state index < -0.39 is 17.9 Å². The Kier molecular flexibility index (Phi) is 3.19. The van der Waals surface area contributed by atoms with Crippen LogP contribution in [-0.4, -0.2) is 46.8 Å². The molecule has 0 spiro atoms. The maximum atomic E-state index is 6.15. The van der Waals surface area contributed by atoms with Crippen molar-refractivity contribution in [2.24, 2.45) is 0 Å². The van der Waals surface area contributed by atoms with Gasteiger partial charge in [-0.3, -0.25) is 0 Å². The lowest BCUT2D eigenvalue weighted by Gasteiger charge is -2.37. The molecule has 4 heterocycles. The zero-order chi connectivity index (χ0) is 15.5. The van der Waals surface area contributed by atoms with Crippen LogP contribution in [0.25, 0.3) is 0 Å². The first kappa shape index (κ1) is 14.7. The van der Waals surface area contributed by atoms with Crippen molar-refractivity contribution in [3.05, 3.63) is 24.5 Å². The number of fused-ring (bicyclic) bond motifs is 3. The molecule has 0 bridgehead atoms. The van der Waals surface area contributed by atoms with Crippen LogP contribution >= 0.6 is 0 Å². The van der Waals surface area contributed by atoms with Gasteiger partial charge in [0, 0.05) is 12.4 Å². The number of hydrogen-bond acceptors (Lipinski definition) is 5. The molecule has 6 heteroatoms. The molecule has 3 fully saturated rings. The summed E-state index contributed by atoms with van der Waals surface area (Å²) in [5, 5.41) is 0. The molecule has 122 valence electrons. The van der Waals surface area contributed by atoms with Crippen LogP contribution in [0.5, 0.6) is 0 Å². The van der Waals surface area contributed by atoms with E-state index in [0.717, 1.165) is 0 Å². The van der Waals surface area contributed by atoms with Gasteiger partial charge in [0.25, 0.3) is 0 Å². The Bertz CT molecular complexity index is 541. The van der Waals surface area contributed by atoms with Gasteiger partial charge in [0.05, 0.1) is 6.54 Å². The fourth-order valence-corrected chi connectivity index (χ4v) is 3.54. The van der Waals surface area contributed by atoms with Crippen LogP contribution in [0.15, 0.2) is 24.5 Å². The number of ether oxygens (including phenoxy) is 5. The van der Waals surface area contributed by atoms with Crippen molar-refractivity contribution in [1.29, 1.82) is 0 Å². The van der Waals surface area contributed by atoms with E-state index in [-0.39, 0.29) is 24.4 Å². The number of rotatable bonds is 2. The average molecular weight is 309 g/mol. The molecule has 5 atom stereocenters. The van der Waals surface area contributed by atoms with E-state index in [1.54, 1.807) is 0 Å². The average Bonchev–Trinajstić information content (AvgIpc) is 3.06. The molecule has 1 aromatic rings. The first-order valence-corrected chi connectivity index (χ1v) is 7.80. The quantitative estimate of drug-likeness (QED) is 0.835. The zero-order valence-corrected chi connectivity index (χ0v) is 13.4. The normalized spacial score (nSPS) is 42.1. The smallest absolute Gasteiger partial charge is 0.190 e. The second kappa shape index (κ2) is 4.79. The Labute approximate surface area is 130 Å². The molecule has 0 aromatic carbocycles. The van der Waals surface area contributed by atoms with Crippen LogP contribution < -0.4 is 0 Å². The monoisotopic (exact) mass is 309 g/mol. The highest BCUT2D eigenvalue weighted by atomic mass is 16.9. The van der Waals surface area contributed by atoms with Gasteiger partial charge in [-0.15, -0.1) is 0 Å². The third-order valence-corrected chi connectivity index (χ3v) is 4.31. The van der Waals surface area contributed by atoms with Crippen LogP contribution in [-0.2, 0) is 30.2 Å². The van der Waals surface area contributed by atoms with Gasteiger partial charge in [-0.25, -0.2) is 0 Å². The largest absolute Gasteiger partial charge is 0.352 e. The van der Waals surface area contributed by atoms with Gasteiger partial charge in [0.15, 0.2) is 17.9 Å².